The third kappa shape index (κ3) is 3.75. The molecule has 1 aliphatic heterocycles. The van der Waals surface area contributed by atoms with Gasteiger partial charge in [-0.1, -0.05) is 48.9 Å². The first-order chi connectivity index (χ1) is 12.5. The molecule has 1 atom stereocenters. The number of carbonyl (C=O) groups excluding carboxylic acids is 2. The monoisotopic (exact) mass is 374 g/mol. The van der Waals surface area contributed by atoms with Gasteiger partial charge in [0.2, 0.25) is 5.91 Å². The first kappa shape index (κ1) is 18.5. The van der Waals surface area contributed by atoms with Crippen LogP contribution in [0.2, 0.25) is 5.02 Å². The van der Waals surface area contributed by atoms with Crippen molar-refractivity contribution in [3.05, 3.63) is 52.8 Å². The molecule has 0 N–H and O–H groups in total. The van der Waals surface area contributed by atoms with Crippen LogP contribution in [0, 0.1) is 0 Å². The van der Waals surface area contributed by atoms with Crippen LogP contribution in [0.25, 0.3) is 0 Å². The second kappa shape index (κ2) is 7.91. The van der Waals surface area contributed by atoms with Crippen LogP contribution in [-0.2, 0) is 18.4 Å². The largest absolute Gasteiger partial charge is 0.335 e. The number of amides is 2. The summed E-state index contributed by atoms with van der Waals surface area (Å²) in [4.78, 5) is 29.3. The average Bonchev–Trinajstić information content (AvgIpc) is 2.89. The average molecular weight is 375 g/mol. The minimum Gasteiger partial charge on any atom is -0.335 e. The molecule has 0 unspecified atom stereocenters. The molecule has 0 radical (unpaired) electrons. The minimum atomic E-state index is -0.178. The molecule has 2 aromatic rings. The Kier molecular flexibility index (Phi) is 5.61. The van der Waals surface area contributed by atoms with Gasteiger partial charge in [0.1, 0.15) is 5.69 Å². The lowest BCUT2D eigenvalue weighted by atomic mass is 10.1. The summed E-state index contributed by atoms with van der Waals surface area (Å²) in [5, 5.41) is 4.38. The summed E-state index contributed by atoms with van der Waals surface area (Å²) in [5.41, 5.74) is 1.46. The van der Waals surface area contributed by atoms with E-state index in [9.17, 15) is 9.59 Å². The van der Waals surface area contributed by atoms with Gasteiger partial charge in [-0.3, -0.25) is 14.3 Å². The topological polar surface area (TPSA) is 58.4 Å². The molecule has 1 saturated heterocycles. The number of benzene rings is 1. The fourth-order valence-electron chi connectivity index (χ4n) is 3.35. The van der Waals surface area contributed by atoms with Crippen LogP contribution in [0.4, 0.5) is 0 Å². The normalized spacial score (nSPS) is 18.1. The maximum absolute atomic E-state index is 12.9. The summed E-state index contributed by atoms with van der Waals surface area (Å²) in [5.74, 6) is -0.102. The molecule has 1 aromatic heterocycles. The summed E-state index contributed by atoms with van der Waals surface area (Å²) in [6.45, 7) is 3.49. The summed E-state index contributed by atoms with van der Waals surface area (Å²) in [6.07, 6.45) is 2.56. The third-order valence-corrected chi connectivity index (χ3v) is 5.12. The molecule has 3 rings (SSSR count). The van der Waals surface area contributed by atoms with Crippen molar-refractivity contribution in [2.45, 2.75) is 32.4 Å². The van der Waals surface area contributed by atoms with E-state index in [1.165, 1.54) is 10.9 Å². The molecule has 1 aliphatic rings. The Morgan fingerprint density at radius 3 is 2.65 bits per heavy atom. The molecule has 26 heavy (non-hydrogen) atoms. The predicted octanol–water partition coefficient (Wildman–Crippen LogP) is 2.73. The first-order valence-corrected chi connectivity index (χ1v) is 9.19. The van der Waals surface area contributed by atoms with Gasteiger partial charge in [0.25, 0.3) is 5.91 Å². The molecule has 2 heterocycles. The highest BCUT2D eigenvalue weighted by Gasteiger charge is 2.32. The van der Waals surface area contributed by atoms with Gasteiger partial charge in [0, 0.05) is 39.1 Å². The zero-order valence-electron chi connectivity index (χ0n) is 15.1. The molecule has 0 bridgehead atoms. The molecule has 6 nitrogen and oxygen atoms in total. The summed E-state index contributed by atoms with van der Waals surface area (Å²) < 4.78 is 1.49. The van der Waals surface area contributed by atoms with E-state index in [1.54, 1.807) is 11.9 Å². The summed E-state index contributed by atoms with van der Waals surface area (Å²) in [6, 6.07) is 9.91. The van der Waals surface area contributed by atoms with Crippen LogP contribution in [-0.4, -0.2) is 50.5 Å². The number of hydrogen-bond acceptors (Lipinski definition) is 3. The molecule has 1 fully saturated rings. The lowest BCUT2D eigenvalue weighted by Gasteiger charge is -2.31. The van der Waals surface area contributed by atoms with E-state index in [-0.39, 0.29) is 17.9 Å². The summed E-state index contributed by atoms with van der Waals surface area (Å²) >= 11 is 6.13. The van der Waals surface area contributed by atoms with E-state index in [0.717, 1.165) is 12.0 Å². The van der Waals surface area contributed by atoms with E-state index < -0.39 is 0 Å². The van der Waals surface area contributed by atoms with E-state index in [1.807, 2.05) is 42.2 Å². The van der Waals surface area contributed by atoms with E-state index in [2.05, 4.69) is 5.10 Å². The van der Waals surface area contributed by atoms with Crippen molar-refractivity contribution in [1.29, 1.82) is 0 Å². The van der Waals surface area contributed by atoms with Crippen molar-refractivity contribution in [2.24, 2.45) is 7.05 Å². The Morgan fingerprint density at radius 1 is 1.31 bits per heavy atom. The van der Waals surface area contributed by atoms with Crippen LogP contribution in [0.15, 0.2) is 36.5 Å². The van der Waals surface area contributed by atoms with Crippen molar-refractivity contribution < 1.29 is 9.59 Å². The lowest BCUT2D eigenvalue weighted by molar-refractivity contribution is -0.133. The quantitative estimate of drug-likeness (QED) is 0.826. The number of aryl methyl sites for hydroxylation is 1. The van der Waals surface area contributed by atoms with Crippen molar-refractivity contribution in [3.63, 3.8) is 0 Å². The highest BCUT2D eigenvalue weighted by Crippen LogP contribution is 2.21. The smallest absolute Gasteiger partial charge is 0.273 e. The highest BCUT2D eigenvalue weighted by molar-refractivity contribution is 6.33. The minimum absolute atomic E-state index is 0.0267. The van der Waals surface area contributed by atoms with Gasteiger partial charge in [0.05, 0.1) is 11.2 Å². The second-order valence-corrected chi connectivity index (χ2v) is 6.94. The van der Waals surface area contributed by atoms with Crippen LogP contribution < -0.4 is 0 Å². The summed E-state index contributed by atoms with van der Waals surface area (Å²) in [7, 11) is 1.70. The Morgan fingerprint density at radius 2 is 2.04 bits per heavy atom. The van der Waals surface area contributed by atoms with E-state index >= 15 is 0 Å². The molecule has 0 saturated carbocycles. The van der Waals surface area contributed by atoms with Crippen LogP contribution >= 0.6 is 11.6 Å². The van der Waals surface area contributed by atoms with Crippen LogP contribution in [0.5, 0.6) is 0 Å². The van der Waals surface area contributed by atoms with Crippen molar-refractivity contribution >= 4 is 23.4 Å². The van der Waals surface area contributed by atoms with Crippen molar-refractivity contribution in [2.75, 3.05) is 13.1 Å². The molecule has 138 valence electrons. The standard InChI is InChI=1S/C19H23ClN4O2/c1-3-15-13-23(19(26)18-16(20)11-21-22(18)2)10-9-17(25)24(15)12-14-7-5-4-6-8-14/h4-8,11,15H,3,9-10,12-13H2,1-2H3/t15-/m0/s1. The maximum Gasteiger partial charge on any atom is 0.273 e. The van der Waals surface area contributed by atoms with Gasteiger partial charge < -0.3 is 9.80 Å². The number of nitrogens with zero attached hydrogens (tertiary/aromatic N) is 4. The van der Waals surface area contributed by atoms with Gasteiger partial charge in [-0.2, -0.15) is 5.10 Å². The zero-order chi connectivity index (χ0) is 18.7. The number of carbonyl (C=O) groups is 2. The van der Waals surface area contributed by atoms with Gasteiger partial charge >= 0.3 is 0 Å². The van der Waals surface area contributed by atoms with Crippen LogP contribution in [0.1, 0.15) is 35.8 Å². The van der Waals surface area contributed by atoms with Crippen molar-refractivity contribution in [3.8, 4) is 0 Å². The Bertz CT molecular complexity index is 771. The second-order valence-electron chi connectivity index (χ2n) is 6.54. The number of aromatic nitrogens is 2. The third-order valence-electron chi connectivity index (χ3n) is 4.84. The fourth-order valence-corrected chi connectivity index (χ4v) is 3.60. The molecular weight excluding hydrogens is 352 g/mol. The molecule has 0 spiro atoms. The zero-order valence-corrected chi connectivity index (χ0v) is 15.8. The van der Waals surface area contributed by atoms with Gasteiger partial charge in [-0.25, -0.2) is 0 Å². The fraction of sp³-hybridized carbons (Fsp3) is 0.421. The Labute approximate surface area is 158 Å². The maximum atomic E-state index is 12.9. The number of rotatable bonds is 4. The first-order valence-electron chi connectivity index (χ1n) is 8.81. The van der Waals surface area contributed by atoms with Crippen molar-refractivity contribution in [1.82, 2.24) is 19.6 Å². The van der Waals surface area contributed by atoms with Gasteiger partial charge in [-0.05, 0) is 12.0 Å². The SMILES string of the molecule is CC[C@H]1CN(C(=O)c2c(Cl)cnn2C)CCC(=O)N1Cc1ccccc1. The highest BCUT2D eigenvalue weighted by atomic mass is 35.5. The molecule has 7 heteroatoms. The molecule has 1 aromatic carbocycles. The number of halogens is 1. The Hall–Kier alpha value is -2.34. The Balaban J connectivity index is 1.81. The van der Waals surface area contributed by atoms with E-state index in [0.29, 0.717) is 36.8 Å². The van der Waals surface area contributed by atoms with E-state index in [4.69, 9.17) is 11.6 Å². The molecule has 2 amide bonds. The lowest BCUT2D eigenvalue weighted by Crippen LogP contribution is -2.44. The predicted molar refractivity (Wildman–Crippen MR) is 99.8 cm³/mol. The number of hydrogen-bond donors (Lipinski definition) is 0. The molecular formula is C19H23ClN4O2. The van der Waals surface area contributed by atoms with Gasteiger partial charge in [-0.15, -0.1) is 0 Å². The van der Waals surface area contributed by atoms with Gasteiger partial charge in [0.15, 0.2) is 0 Å². The molecule has 0 aliphatic carbocycles. The van der Waals surface area contributed by atoms with Crippen LogP contribution in [0.3, 0.4) is 0 Å².